The lowest BCUT2D eigenvalue weighted by molar-refractivity contribution is -0.124. The molecule has 6 heteroatoms. The Morgan fingerprint density at radius 1 is 0.944 bits per heavy atom. The van der Waals surface area contributed by atoms with Crippen LogP contribution in [0, 0.1) is 0 Å². The van der Waals surface area contributed by atoms with Crippen molar-refractivity contribution in [3.63, 3.8) is 0 Å². The van der Waals surface area contributed by atoms with E-state index in [1.54, 1.807) is 0 Å². The summed E-state index contributed by atoms with van der Waals surface area (Å²) in [5.41, 5.74) is 4.77. The topological polar surface area (TPSA) is 67.9 Å². The molecule has 0 aliphatic carbocycles. The van der Waals surface area contributed by atoms with Gasteiger partial charge in [0.25, 0.3) is 5.91 Å². The van der Waals surface area contributed by atoms with E-state index in [-0.39, 0.29) is 17.9 Å². The van der Waals surface area contributed by atoms with Crippen LogP contribution in [0.2, 0.25) is 0 Å². The van der Waals surface area contributed by atoms with Gasteiger partial charge < -0.3 is 19.7 Å². The largest absolute Gasteiger partial charge is 0.490 e. The zero-order valence-corrected chi connectivity index (χ0v) is 20.8. The normalized spacial score (nSPS) is 18.1. The van der Waals surface area contributed by atoms with E-state index in [4.69, 9.17) is 9.47 Å². The molecule has 2 unspecified atom stereocenters. The van der Waals surface area contributed by atoms with Gasteiger partial charge >= 0.3 is 0 Å². The highest BCUT2D eigenvalue weighted by Crippen LogP contribution is 2.45. The SMILES string of the molecule is CCOc1ccc(CCNC(=O)C2c3ccccc3C(=O)N3CCc4ccccc4C23)cc1OCC. The molecule has 36 heavy (non-hydrogen) atoms. The fourth-order valence-corrected chi connectivity index (χ4v) is 5.45. The molecule has 2 aliphatic rings. The van der Waals surface area contributed by atoms with Crippen LogP contribution in [0.5, 0.6) is 11.5 Å². The number of amides is 2. The Hall–Kier alpha value is -3.80. The minimum atomic E-state index is -0.459. The fourth-order valence-electron chi connectivity index (χ4n) is 5.45. The monoisotopic (exact) mass is 484 g/mol. The van der Waals surface area contributed by atoms with Crippen molar-refractivity contribution < 1.29 is 19.1 Å². The van der Waals surface area contributed by atoms with E-state index in [9.17, 15) is 9.59 Å². The van der Waals surface area contributed by atoms with Gasteiger partial charge in [-0.25, -0.2) is 0 Å². The van der Waals surface area contributed by atoms with Gasteiger partial charge in [0.2, 0.25) is 5.91 Å². The molecule has 2 amide bonds. The number of fused-ring (bicyclic) bond motifs is 4. The summed E-state index contributed by atoms with van der Waals surface area (Å²) >= 11 is 0. The first-order valence-corrected chi connectivity index (χ1v) is 12.8. The summed E-state index contributed by atoms with van der Waals surface area (Å²) in [5, 5.41) is 3.16. The lowest BCUT2D eigenvalue weighted by Crippen LogP contribution is -2.50. The van der Waals surface area contributed by atoms with Crippen LogP contribution in [0.25, 0.3) is 0 Å². The molecular weight excluding hydrogens is 452 g/mol. The summed E-state index contributed by atoms with van der Waals surface area (Å²) < 4.78 is 11.4. The Bertz CT molecular complexity index is 1270. The number of ether oxygens (including phenoxy) is 2. The molecule has 3 aromatic rings. The Morgan fingerprint density at radius 3 is 2.47 bits per heavy atom. The molecule has 5 rings (SSSR count). The number of carbonyl (C=O) groups excluding carboxylic acids is 2. The summed E-state index contributed by atoms with van der Waals surface area (Å²) in [6.07, 6.45) is 1.46. The van der Waals surface area contributed by atoms with Crippen LogP contribution in [-0.2, 0) is 17.6 Å². The summed E-state index contributed by atoms with van der Waals surface area (Å²) in [6.45, 7) is 6.12. The van der Waals surface area contributed by atoms with Crippen molar-refractivity contribution in [3.05, 3.63) is 94.5 Å². The Balaban J connectivity index is 1.38. The van der Waals surface area contributed by atoms with E-state index >= 15 is 0 Å². The van der Waals surface area contributed by atoms with E-state index in [0.29, 0.717) is 38.3 Å². The lowest BCUT2D eigenvalue weighted by Gasteiger charge is -2.45. The number of rotatable bonds is 8. The maximum absolute atomic E-state index is 13.7. The second kappa shape index (κ2) is 10.4. The average Bonchev–Trinajstić information content (AvgIpc) is 2.90. The molecule has 186 valence electrons. The second-order valence-corrected chi connectivity index (χ2v) is 9.15. The van der Waals surface area contributed by atoms with Crippen LogP contribution in [0.15, 0.2) is 66.7 Å². The predicted octanol–water partition coefficient (Wildman–Crippen LogP) is 4.68. The van der Waals surface area contributed by atoms with E-state index < -0.39 is 5.92 Å². The van der Waals surface area contributed by atoms with Crippen molar-refractivity contribution in [1.82, 2.24) is 10.2 Å². The predicted molar refractivity (Wildman–Crippen MR) is 139 cm³/mol. The van der Waals surface area contributed by atoms with Crippen molar-refractivity contribution in [1.29, 1.82) is 0 Å². The van der Waals surface area contributed by atoms with Gasteiger partial charge in [-0.05, 0) is 67.1 Å². The van der Waals surface area contributed by atoms with Crippen molar-refractivity contribution in [3.8, 4) is 11.5 Å². The molecule has 2 aliphatic heterocycles. The Morgan fingerprint density at radius 2 is 1.67 bits per heavy atom. The third-order valence-corrected chi connectivity index (χ3v) is 7.04. The molecule has 2 heterocycles. The summed E-state index contributed by atoms with van der Waals surface area (Å²) in [5.74, 6) is 0.938. The molecule has 3 aromatic carbocycles. The molecule has 0 radical (unpaired) electrons. The number of benzene rings is 3. The molecule has 0 spiro atoms. The van der Waals surface area contributed by atoms with Gasteiger partial charge in [0.15, 0.2) is 11.5 Å². The Kier molecular flexibility index (Phi) is 6.94. The van der Waals surface area contributed by atoms with Crippen LogP contribution < -0.4 is 14.8 Å². The van der Waals surface area contributed by atoms with Crippen molar-refractivity contribution in [2.24, 2.45) is 0 Å². The maximum atomic E-state index is 13.7. The zero-order valence-electron chi connectivity index (χ0n) is 20.8. The molecule has 0 fully saturated rings. The Labute approximate surface area is 212 Å². The van der Waals surface area contributed by atoms with Crippen molar-refractivity contribution in [2.75, 3.05) is 26.3 Å². The van der Waals surface area contributed by atoms with Gasteiger partial charge in [-0.1, -0.05) is 48.5 Å². The summed E-state index contributed by atoms with van der Waals surface area (Å²) in [4.78, 5) is 29.0. The van der Waals surface area contributed by atoms with E-state index in [1.165, 1.54) is 5.56 Å². The molecule has 0 saturated carbocycles. The number of hydrogen-bond acceptors (Lipinski definition) is 4. The second-order valence-electron chi connectivity index (χ2n) is 9.15. The number of nitrogens with one attached hydrogen (secondary N) is 1. The van der Waals surface area contributed by atoms with Gasteiger partial charge in [0, 0.05) is 18.7 Å². The van der Waals surface area contributed by atoms with Gasteiger partial charge in [-0.15, -0.1) is 0 Å². The first kappa shape index (κ1) is 23.9. The summed E-state index contributed by atoms with van der Waals surface area (Å²) in [6, 6.07) is 21.3. The zero-order chi connectivity index (χ0) is 25.1. The molecule has 2 atom stereocenters. The first-order chi connectivity index (χ1) is 17.6. The highest BCUT2D eigenvalue weighted by atomic mass is 16.5. The van der Waals surface area contributed by atoms with Crippen LogP contribution >= 0.6 is 0 Å². The van der Waals surface area contributed by atoms with Gasteiger partial charge in [-0.2, -0.15) is 0 Å². The molecule has 6 nitrogen and oxygen atoms in total. The third-order valence-electron chi connectivity index (χ3n) is 7.04. The fraction of sp³-hybridized carbons (Fsp3) is 0.333. The van der Waals surface area contributed by atoms with Crippen molar-refractivity contribution in [2.45, 2.75) is 38.6 Å². The number of carbonyl (C=O) groups is 2. The number of hydrogen-bond donors (Lipinski definition) is 1. The quantitative estimate of drug-likeness (QED) is 0.504. The van der Waals surface area contributed by atoms with Crippen molar-refractivity contribution >= 4 is 11.8 Å². The van der Waals surface area contributed by atoms with Gasteiger partial charge in [-0.3, -0.25) is 9.59 Å². The first-order valence-electron chi connectivity index (χ1n) is 12.8. The minimum Gasteiger partial charge on any atom is -0.490 e. The van der Waals surface area contributed by atoms with Gasteiger partial charge in [0.1, 0.15) is 0 Å². The lowest BCUT2D eigenvalue weighted by atomic mass is 9.76. The molecule has 0 saturated heterocycles. The van der Waals surface area contributed by atoms with Gasteiger partial charge in [0.05, 0.1) is 25.2 Å². The van der Waals surface area contributed by atoms with Crippen LogP contribution in [-0.4, -0.2) is 43.0 Å². The molecular formula is C30H32N2O4. The van der Waals surface area contributed by atoms with Crippen LogP contribution in [0.3, 0.4) is 0 Å². The summed E-state index contributed by atoms with van der Waals surface area (Å²) in [7, 11) is 0. The highest BCUT2D eigenvalue weighted by Gasteiger charge is 2.45. The third kappa shape index (κ3) is 4.43. The molecule has 0 aromatic heterocycles. The highest BCUT2D eigenvalue weighted by molar-refractivity contribution is 6.01. The van der Waals surface area contributed by atoms with Crippen LogP contribution in [0.4, 0.5) is 0 Å². The van der Waals surface area contributed by atoms with Crippen LogP contribution in [0.1, 0.15) is 58.4 Å². The number of nitrogens with zero attached hydrogens (tertiary/aromatic N) is 1. The van der Waals surface area contributed by atoms with E-state index in [0.717, 1.165) is 34.6 Å². The van der Waals surface area contributed by atoms with E-state index in [2.05, 4.69) is 17.4 Å². The smallest absolute Gasteiger partial charge is 0.254 e. The standard InChI is InChI=1S/C30H32N2O4/c1-3-35-25-14-13-20(19-26(25)36-4-2)15-17-31-29(33)27-23-11-7-8-12-24(23)30(34)32-18-16-21-9-5-6-10-22(21)28(27)32/h5-14,19,27-28H,3-4,15-18H2,1-2H3,(H,31,33). The molecule has 0 bridgehead atoms. The van der Waals surface area contributed by atoms with E-state index in [1.807, 2.05) is 73.3 Å². The maximum Gasteiger partial charge on any atom is 0.254 e. The molecule has 1 N–H and O–H groups in total. The minimum absolute atomic E-state index is 0.00648. The average molecular weight is 485 g/mol.